The van der Waals surface area contributed by atoms with Crippen LogP contribution in [0.1, 0.15) is 17.4 Å². The van der Waals surface area contributed by atoms with E-state index >= 15 is 0 Å². The Morgan fingerprint density at radius 1 is 1.00 bits per heavy atom. The number of aliphatic hydroxyl groups is 1. The number of furan rings is 1. The summed E-state index contributed by atoms with van der Waals surface area (Å²) in [5, 5.41) is 11.2. The number of anilines is 1. The Hall–Kier alpha value is -2.26. The zero-order chi connectivity index (χ0) is 12.5. The van der Waals surface area contributed by atoms with Gasteiger partial charge in [-0.05, 0) is 29.8 Å². The summed E-state index contributed by atoms with van der Waals surface area (Å²) in [6, 6.07) is 16.7. The normalized spacial score (nSPS) is 12.7. The largest absolute Gasteiger partial charge is 0.458 e. The molecule has 3 heteroatoms. The van der Waals surface area contributed by atoms with Crippen molar-refractivity contribution in [3.05, 3.63) is 65.9 Å². The fourth-order valence-electron chi connectivity index (χ4n) is 2.03. The van der Waals surface area contributed by atoms with Gasteiger partial charge in [-0.3, -0.25) is 0 Å². The molecule has 0 saturated carbocycles. The minimum atomic E-state index is -0.791. The average molecular weight is 239 g/mol. The molecule has 0 amide bonds. The maximum absolute atomic E-state index is 10.3. The second-order valence-corrected chi connectivity index (χ2v) is 4.26. The first-order valence-corrected chi connectivity index (χ1v) is 5.76. The van der Waals surface area contributed by atoms with E-state index in [-0.39, 0.29) is 0 Å². The SMILES string of the molecule is Nc1cccc(C(O)c2cc3ccccc3o2)c1. The molecule has 1 aromatic heterocycles. The number of aliphatic hydroxyl groups excluding tert-OH is 1. The third kappa shape index (κ3) is 1.85. The van der Waals surface area contributed by atoms with E-state index in [0.29, 0.717) is 11.4 Å². The van der Waals surface area contributed by atoms with Gasteiger partial charge >= 0.3 is 0 Å². The van der Waals surface area contributed by atoms with Crippen LogP contribution < -0.4 is 5.73 Å². The van der Waals surface area contributed by atoms with Crippen LogP contribution in [0.4, 0.5) is 5.69 Å². The number of nitrogens with two attached hydrogens (primary N) is 1. The van der Waals surface area contributed by atoms with E-state index in [1.54, 1.807) is 12.1 Å². The second kappa shape index (κ2) is 4.20. The van der Waals surface area contributed by atoms with Crippen molar-refractivity contribution in [1.29, 1.82) is 0 Å². The summed E-state index contributed by atoms with van der Waals surface area (Å²) < 4.78 is 5.63. The van der Waals surface area contributed by atoms with E-state index in [1.807, 2.05) is 42.5 Å². The fraction of sp³-hybridized carbons (Fsp3) is 0.0667. The minimum Gasteiger partial charge on any atom is -0.458 e. The number of nitrogen functional groups attached to an aromatic ring is 1. The van der Waals surface area contributed by atoms with Crippen LogP contribution in [0.15, 0.2) is 59.0 Å². The van der Waals surface area contributed by atoms with Crippen molar-refractivity contribution in [1.82, 2.24) is 0 Å². The van der Waals surface area contributed by atoms with Gasteiger partial charge in [-0.1, -0.05) is 30.3 Å². The monoisotopic (exact) mass is 239 g/mol. The molecule has 0 radical (unpaired) electrons. The van der Waals surface area contributed by atoms with Crippen molar-refractivity contribution in [2.24, 2.45) is 0 Å². The molecule has 2 aromatic carbocycles. The van der Waals surface area contributed by atoms with Gasteiger partial charge < -0.3 is 15.3 Å². The maximum atomic E-state index is 10.3. The van der Waals surface area contributed by atoms with E-state index in [4.69, 9.17) is 10.2 Å². The van der Waals surface area contributed by atoms with Crippen molar-refractivity contribution in [3.8, 4) is 0 Å². The summed E-state index contributed by atoms with van der Waals surface area (Å²) in [6.07, 6.45) is -0.791. The van der Waals surface area contributed by atoms with Crippen molar-refractivity contribution in [2.75, 3.05) is 5.73 Å². The van der Waals surface area contributed by atoms with Crippen LogP contribution >= 0.6 is 0 Å². The van der Waals surface area contributed by atoms with Crippen LogP contribution in [-0.2, 0) is 0 Å². The smallest absolute Gasteiger partial charge is 0.138 e. The van der Waals surface area contributed by atoms with Crippen LogP contribution in [0, 0.1) is 0 Å². The molecular formula is C15H13NO2. The van der Waals surface area contributed by atoms with Gasteiger partial charge in [0.2, 0.25) is 0 Å². The highest BCUT2D eigenvalue weighted by Crippen LogP contribution is 2.28. The molecule has 0 saturated heterocycles. The Balaban J connectivity index is 2.03. The highest BCUT2D eigenvalue weighted by molar-refractivity contribution is 5.77. The standard InChI is InChI=1S/C15H13NO2/c16-12-6-3-5-11(8-12)15(17)14-9-10-4-1-2-7-13(10)18-14/h1-9,15,17H,16H2. The zero-order valence-electron chi connectivity index (χ0n) is 9.71. The van der Waals surface area contributed by atoms with Gasteiger partial charge in [0.1, 0.15) is 17.4 Å². The van der Waals surface area contributed by atoms with Crippen LogP contribution in [0.2, 0.25) is 0 Å². The quantitative estimate of drug-likeness (QED) is 0.675. The number of hydrogen-bond acceptors (Lipinski definition) is 3. The molecule has 0 aliphatic heterocycles. The van der Waals surface area contributed by atoms with Crippen molar-refractivity contribution in [2.45, 2.75) is 6.10 Å². The molecule has 0 aliphatic carbocycles. The highest BCUT2D eigenvalue weighted by Gasteiger charge is 2.15. The molecular weight excluding hydrogens is 226 g/mol. The number of hydrogen-bond donors (Lipinski definition) is 2. The molecule has 18 heavy (non-hydrogen) atoms. The second-order valence-electron chi connectivity index (χ2n) is 4.26. The Kier molecular flexibility index (Phi) is 2.54. The van der Waals surface area contributed by atoms with Crippen LogP contribution in [0.5, 0.6) is 0 Å². The Labute approximate surface area is 104 Å². The summed E-state index contributed by atoms with van der Waals surface area (Å²) in [6.45, 7) is 0. The molecule has 1 atom stereocenters. The predicted octanol–water partition coefficient (Wildman–Crippen LogP) is 3.10. The Morgan fingerprint density at radius 2 is 1.83 bits per heavy atom. The summed E-state index contributed by atoms with van der Waals surface area (Å²) in [4.78, 5) is 0. The van der Waals surface area contributed by atoms with Gasteiger partial charge in [-0.2, -0.15) is 0 Å². The van der Waals surface area contributed by atoms with E-state index < -0.39 is 6.10 Å². The number of benzene rings is 2. The lowest BCUT2D eigenvalue weighted by atomic mass is 10.1. The van der Waals surface area contributed by atoms with Gasteiger partial charge in [0, 0.05) is 11.1 Å². The molecule has 0 aliphatic rings. The van der Waals surface area contributed by atoms with Gasteiger partial charge in [-0.25, -0.2) is 0 Å². The summed E-state index contributed by atoms with van der Waals surface area (Å²) >= 11 is 0. The van der Waals surface area contributed by atoms with E-state index in [2.05, 4.69) is 0 Å². The molecule has 3 nitrogen and oxygen atoms in total. The number of para-hydroxylation sites is 1. The van der Waals surface area contributed by atoms with Gasteiger partial charge in [0.05, 0.1) is 0 Å². The molecule has 0 spiro atoms. The average Bonchev–Trinajstić information content (AvgIpc) is 2.81. The van der Waals surface area contributed by atoms with Crippen molar-refractivity contribution >= 4 is 16.7 Å². The first-order valence-electron chi connectivity index (χ1n) is 5.76. The molecule has 0 bridgehead atoms. The highest BCUT2D eigenvalue weighted by atomic mass is 16.4. The molecule has 1 unspecified atom stereocenters. The third-order valence-electron chi connectivity index (χ3n) is 2.94. The summed E-state index contributed by atoms with van der Waals surface area (Å²) in [5.41, 5.74) is 7.84. The lowest BCUT2D eigenvalue weighted by Gasteiger charge is -2.08. The van der Waals surface area contributed by atoms with Crippen molar-refractivity contribution in [3.63, 3.8) is 0 Å². The Bertz CT molecular complexity index is 655. The van der Waals surface area contributed by atoms with Gasteiger partial charge in [0.15, 0.2) is 0 Å². The minimum absolute atomic E-state index is 0.529. The third-order valence-corrected chi connectivity index (χ3v) is 2.94. The fourth-order valence-corrected chi connectivity index (χ4v) is 2.03. The molecule has 90 valence electrons. The molecule has 3 aromatic rings. The Morgan fingerprint density at radius 3 is 2.61 bits per heavy atom. The van der Waals surface area contributed by atoms with E-state index in [0.717, 1.165) is 16.5 Å². The zero-order valence-corrected chi connectivity index (χ0v) is 9.71. The molecule has 0 fully saturated rings. The van der Waals surface area contributed by atoms with Gasteiger partial charge in [0.25, 0.3) is 0 Å². The number of rotatable bonds is 2. The number of fused-ring (bicyclic) bond motifs is 1. The summed E-state index contributed by atoms with van der Waals surface area (Å²) in [7, 11) is 0. The van der Waals surface area contributed by atoms with E-state index in [9.17, 15) is 5.11 Å². The first-order chi connectivity index (χ1) is 8.74. The van der Waals surface area contributed by atoms with Crippen LogP contribution in [0.25, 0.3) is 11.0 Å². The van der Waals surface area contributed by atoms with Crippen molar-refractivity contribution < 1.29 is 9.52 Å². The first kappa shape index (κ1) is 10.9. The molecule has 3 rings (SSSR count). The summed E-state index contributed by atoms with van der Waals surface area (Å²) in [5.74, 6) is 0.529. The van der Waals surface area contributed by atoms with E-state index in [1.165, 1.54) is 0 Å². The molecule has 3 N–H and O–H groups in total. The molecule has 1 heterocycles. The predicted molar refractivity (Wildman–Crippen MR) is 71.1 cm³/mol. The van der Waals surface area contributed by atoms with Crippen LogP contribution in [0.3, 0.4) is 0 Å². The van der Waals surface area contributed by atoms with Gasteiger partial charge in [-0.15, -0.1) is 0 Å². The lowest BCUT2D eigenvalue weighted by molar-refractivity contribution is 0.192. The maximum Gasteiger partial charge on any atom is 0.138 e. The van der Waals surface area contributed by atoms with Crippen LogP contribution in [-0.4, -0.2) is 5.11 Å². The lowest BCUT2D eigenvalue weighted by Crippen LogP contribution is -1.98. The topological polar surface area (TPSA) is 59.4 Å².